The number of nitrogens with one attached hydrogen (secondary N) is 1. The highest BCUT2D eigenvalue weighted by Crippen LogP contribution is 2.24. The summed E-state index contributed by atoms with van der Waals surface area (Å²) in [5.74, 6) is 0. The summed E-state index contributed by atoms with van der Waals surface area (Å²) in [6.07, 6.45) is 1.85. The first-order valence-corrected chi connectivity index (χ1v) is 8.23. The van der Waals surface area contributed by atoms with Crippen LogP contribution in [0.5, 0.6) is 0 Å². The van der Waals surface area contributed by atoms with Crippen LogP contribution in [0.2, 0.25) is 5.02 Å². The van der Waals surface area contributed by atoms with E-state index in [9.17, 15) is 0 Å². The molecule has 0 aliphatic heterocycles. The Kier molecular flexibility index (Phi) is 4.72. The van der Waals surface area contributed by atoms with Gasteiger partial charge in [0.2, 0.25) is 0 Å². The molecule has 0 saturated heterocycles. The van der Waals surface area contributed by atoms with Crippen LogP contribution in [0.4, 0.5) is 5.69 Å². The second-order valence-electron chi connectivity index (χ2n) is 5.83. The number of benzene rings is 2. The zero-order valence-electron chi connectivity index (χ0n) is 14.0. The summed E-state index contributed by atoms with van der Waals surface area (Å²) in [5.41, 5.74) is 9.51. The normalized spacial score (nSPS) is 11.2. The molecule has 1 aromatic heterocycles. The molecule has 3 rings (SSSR count). The second-order valence-corrected chi connectivity index (χ2v) is 6.24. The van der Waals surface area contributed by atoms with Crippen molar-refractivity contribution in [2.75, 3.05) is 5.43 Å². The van der Waals surface area contributed by atoms with Crippen LogP contribution in [0.3, 0.4) is 0 Å². The first kappa shape index (κ1) is 16.3. The summed E-state index contributed by atoms with van der Waals surface area (Å²) in [5, 5.41) is 5.12. The molecule has 0 unspecified atom stereocenters. The van der Waals surface area contributed by atoms with Gasteiger partial charge in [-0.25, -0.2) is 0 Å². The summed E-state index contributed by atoms with van der Waals surface area (Å²) in [6.45, 7) is 6.18. The van der Waals surface area contributed by atoms with Crippen molar-refractivity contribution in [1.29, 1.82) is 0 Å². The molecule has 122 valence electrons. The van der Waals surface area contributed by atoms with Crippen LogP contribution in [-0.4, -0.2) is 10.8 Å². The van der Waals surface area contributed by atoms with Gasteiger partial charge < -0.3 is 4.57 Å². The molecule has 0 fully saturated rings. The van der Waals surface area contributed by atoms with Gasteiger partial charge in [-0.15, -0.1) is 0 Å². The lowest BCUT2D eigenvalue weighted by atomic mass is 10.2. The third-order valence-corrected chi connectivity index (χ3v) is 4.46. The van der Waals surface area contributed by atoms with E-state index in [4.69, 9.17) is 11.6 Å². The number of aromatic nitrogens is 1. The monoisotopic (exact) mass is 337 g/mol. The number of hydrogen-bond donors (Lipinski definition) is 1. The lowest BCUT2D eigenvalue weighted by molar-refractivity contribution is 0.964. The molecule has 0 spiro atoms. The average molecular weight is 338 g/mol. The van der Waals surface area contributed by atoms with Gasteiger partial charge in [0.25, 0.3) is 0 Å². The van der Waals surface area contributed by atoms with Crippen LogP contribution in [0.1, 0.15) is 22.5 Å². The minimum Gasteiger partial charge on any atom is -0.318 e. The van der Waals surface area contributed by atoms with Gasteiger partial charge in [-0.2, -0.15) is 5.10 Å². The zero-order chi connectivity index (χ0) is 17.1. The molecular weight excluding hydrogens is 318 g/mol. The quantitative estimate of drug-likeness (QED) is 0.494. The number of rotatable bonds is 4. The van der Waals surface area contributed by atoms with E-state index in [0.717, 1.165) is 38.9 Å². The van der Waals surface area contributed by atoms with Gasteiger partial charge in [-0.05, 0) is 56.7 Å². The lowest BCUT2D eigenvalue weighted by Crippen LogP contribution is -2.00. The fraction of sp³-hybridized carbons (Fsp3) is 0.150. The summed E-state index contributed by atoms with van der Waals surface area (Å²) in [4.78, 5) is 0. The molecule has 0 atom stereocenters. The molecule has 0 aliphatic carbocycles. The summed E-state index contributed by atoms with van der Waals surface area (Å²) in [6, 6.07) is 18.2. The maximum Gasteiger partial charge on any atom is 0.0562 e. The van der Waals surface area contributed by atoms with Crippen LogP contribution in [0.15, 0.2) is 59.7 Å². The zero-order valence-corrected chi connectivity index (χ0v) is 14.8. The predicted molar refractivity (Wildman–Crippen MR) is 103 cm³/mol. The number of para-hydroxylation sites is 1. The number of hydrogen-bond acceptors (Lipinski definition) is 2. The van der Waals surface area contributed by atoms with Crippen molar-refractivity contribution >= 4 is 23.5 Å². The van der Waals surface area contributed by atoms with Crippen molar-refractivity contribution < 1.29 is 0 Å². The Labute approximate surface area is 147 Å². The average Bonchev–Trinajstić information content (AvgIpc) is 2.85. The van der Waals surface area contributed by atoms with Crippen LogP contribution in [0.25, 0.3) is 5.69 Å². The van der Waals surface area contributed by atoms with E-state index in [-0.39, 0.29) is 0 Å². The van der Waals surface area contributed by atoms with Crippen molar-refractivity contribution in [1.82, 2.24) is 4.57 Å². The van der Waals surface area contributed by atoms with E-state index in [2.05, 4.69) is 41.1 Å². The van der Waals surface area contributed by atoms with Crippen molar-refractivity contribution in [2.24, 2.45) is 5.10 Å². The summed E-state index contributed by atoms with van der Waals surface area (Å²) >= 11 is 6.28. The molecule has 24 heavy (non-hydrogen) atoms. The molecule has 1 heterocycles. The van der Waals surface area contributed by atoms with Gasteiger partial charge in [0.15, 0.2) is 0 Å². The van der Waals surface area contributed by atoms with E-state index in [1.165, 1.54) is 0 Å². The van der Waals surface area contributed by atoms with Gasteiger partial charge in [-0.1, -0.05) is 35.9 Å². The Balaban J connectivity index is 1.87. The van der Waals surface area contributed by atoms with Crippen LogP contribution >= 0.6 is 11.6 Å². The first-order chi connectivity index (χ1) is 11.6. The van der Waals surface area contributed by atoms with Crippen molar-refractivity contribution in [2.45, 2.75) is 20.8 Å². The highest BCUT2D eigenvalue weighted by Gasteiger charge is 2.10. The van der Waals surface area contributed by atoms with E-state index >= 15 is 0 Å². The van der Waals surface area contributed by atoms with Gasteiger partial charge in [0.05, 0.1) is 11.9 Å². The third kappa shape index (κ3) is 3.36. The molecule has 0 radical (unpaired) electrons. The highest BCUT2D eigenvalue weighted by molar-refractivity contribution is 6.31. The Morgan fingerprint density at radius 2 is 1.75 bits per heavy atom. The van der Waals surface area contributed by atoms with E-state index in [0.29, 0.717) is 0 Å². The smallest absolute Gasteiger partial charge is 0.0562 e. The molecule has 1 N–H and O–H groups in total. The molecule has 0 amide bonds. The molecule has 3 nitrogen and oxygen atoms in total. The van der Waals surface area contributed by atoms with Crippen molar-refractivity contribution in [3.63, 3.8) is 0 Å². The second kappa shape index (κ2) is 6.93. The Morgan fingerprint density at radius 3 is 2.46 bits per heavy atom. The molecular formula is C20H20ClN3. The molecule has 0 aliphatic rings. The van der Waals surface area contributed by atoms with Crippen molar-refractivity contribution in [3.05, 3.63) is 82.1 Å². The number of halogens is 1. The fourth-order valence-electron chi connectivity index (χ4n) is 2.73. The van der Waals surface area contributed by atoms with E-state index < -0.39 is 0 Å². The number of nitrogens with zero attached hydrogens (tertiary/aromatic N) is 2. The SMILES string of the molecule is Cc1ccc(-n2c(C)cc(/C=N\Nc3ccccc3)c2C)cc1Cl. The van der Waals surface area contributed by atoms with Crippen LogP contribution in [-0.2, 0) is 0 Å². The minimum atomic E-state index is 0.779. The van der Waals surface area contributed by atoms with Gasteiger partial charge in [0.1, 0.15) is 0 Å². The predicted octanol–water partition coefficient (Wildman–Crippen LogP) is 5.50. The number of aryl methyl sites for hydroxylation is 2. The number of anilines is 1. The van der Waals surface area contributed by atoms with E-state index in [1.807, 2.05) is 55.6 Å². The Bertz CT molecular complexity index is 879. The third-order valence-electron chi connectivity index (χ3n) is 4.05. The largest absolute Gasteiger partial charge is 0.318 e. The van der Waals surface area contributed by atoms with Crippen molar-refractivity contribution in [3.8, 4) is 5.69 Å². The first-order valence-electron chi connectivity index (χ1n) is 7.86. The molecule has 2 aromatic carbocycles. The molecule has 0 saturated carbocycles. The van der Waals surface area contributed by atoms with Gasteiger partial charge in [-0.3, -0.25) is 5.43 Å². The Morgan fingerprint density at radius 1 is 1.00 bits per heavy atom. The number of hydrazone groups is 1. The fourth-order valence-corrected chi connectivity index (χ4v) is 2.90. The minimum absolute atomic E-state index is 0.779. The Hall–Kier alpha value is -2.52. The highest BCUT2D eigenvalue weighted by atomic mass is 35.5. The van der Waals surface area contributed by atoms with Crippen LogP contribution in [0, 0.1) is 20.8 Å². The molecule has 4 heteroatoms. The molecule has 3 aromatic rings. The maximum absolute atomic E-state index is 6.28. The standard InChI is InChI=1S/C20H20ClN3/c1-14-9-10-19(12-20(14)21)24-15(2)11-17(16(24)3)13-22-23-18-7-5-4-6-8-18/h4-13,23H,1-3H3/b22-13-. The molecule has 0 bridgehead atoms. The van der Waals surface area contributed by atoms with Gasteiger partial charge >= 0.3 is 0 Å². The maximum atomic E-state index is 6.28. The lowest BCUT2D eigenvalue weighted by Gasteiger charge is -2.11. The topological polar surface area (TPSA) is 29.3 Å². The van der Waals surface area contributed by atoms with Gasteiger partial charge in [0, 0.05) is 27.7 Å². The summed E-state index contributed by atoms with van der Waals surface area (Å²) in [7, 11) is 0. The summed E-state index contributed by atoms with van der Waals surface area (Å²) < 4.78 is 2.19. The van der Waals surface area contributed by atoms with Crippen LogP contribution < -0.4 is 5.43 Å². The van der Waals surface area contributed by atoms with E-state index in [1.54, 1.807) is 0 Å².